The molecule has 1 aromatic heterocycles. The van der Waals surface area contributed by atoms with Crippen molar-refractivity contribution in [2.75, 3.05) is 10.6 Å². The molecule has 2 aromatic carbocycles. The van der Waals surface area contributed by atoms with E-state index in [2.05, 4.69) is 20.9 Å². The third-order valence-electron chi connectivity index (χ3n) is 6.62. The fourth-order valence-corrected chi connectivity index (χ4v) is 4.90. The zero-order valence-corrected chi connectivity index (χ0v) is 19.3. The Kier molecular flexibility index (Phi) is 5.89. The van der Waals surface area contributed by atoms with E-state index in [4.69, 9.17) is 0 Å². The molecule has 1 aliphatic heterocycles. The summed E-state index contributed by atoms with van der Waals surface area (Å²) in [4.78, 5) is 40.5. The number of benzene rings is 2. The molecule has 3 aromatic rings. The summed E-state index contributed by atoms with van der Waals surface area (Å²) in [5.74, 6) is -1.87. The number of fused-ring (bicyclic) bond motifs is 2. The highest BCUT2D eigenvalue weighted by molar-refractivity contribution is 6.52. The smallest absolute Gasteiger partial charge is 0.382 e. The molecule has 1 saturated carbocycles. The quantitative estimate of drug-likeness (QED) is 0.449. The lowest BCUT2D eigenvalue weighted by atomic mass is 9.90. The molecule has 0 spiro atoms. The van der Waals surface area contributed by atoms with Gasteiger partial charge in [-0.25, -0.2) is 4.98 Å². The molecular weight excluding hydrogens is 473 g/mol. The molecule has 2 heterocycles. The molecular formula is C26H23F3N4O3. The van der Waals surface area contributed by atoms with Gasteiger partial charge in [0, 0.05) is 23.2 Å². The Balaban J connectivity index is 1.35. The van der Waals surface area contributed by atoms with Crippen LogP contribution >= 0.6 is 0 Å². The van der Waals surface area contributed by atoms with Crippen LogP contribution in [0, 0.1) is 6.92 Å². The molecule has 7 nitrogen and oxygen atoms in total. The molecule has 186 valence electrons. The molecule has 2 amide bonds. The third kappa shape index (κ3) is 4.50. The van der Waals surface area contributed by atoms with Gasteiger partial charge in [-0.3, -0.25) is 14.4 Å². The highest BCUT2D eigenvalue weighted by Gasteiger charge is 2.35. The summed E-state index contributed by atoms with van der Waals surface area (Å²) in [5.41, 5.74) is 1.12. The van der Waals surface area contributed by atoms with E-state index in [1.807, 2.05) is 6.92 Å². The van der Waals surface area contributed by atoms with Gasteiger partial charge in [0.15, 0.2) is 0 Å². The SMILES string of the molecule is Cc1ccc2nc(C(F)(F)F)cc(N[C@H]3CCC[C@@H](NC(=O)c4cccc5c4NC(=O)C5=O)C3)c2c1. The number of nitrogens with zero attached hydrogens (tertiary/aromatic N) is 1. The number of carbonyl (C=O) groups excluding carboxylic acids is 3. The summed E-state index contributed by atoms with van der Waals surface area (Å²) in [6.07, 6.45) is -1.88. The number of nitrogens with one attached hydrogen (secondary N) is 3. The molecule has 0 saturated heterocycles. The lowest BCUT2D eigenvalue weighted by molar-refractivity contribution is -0.140. The third-order valence-corrected chi connectivity index (χ3v) is 6.62. The van der Waals surface area contributed by atoms with E-state index in [1.54, 1.807) is 24.3 Å². The molecule has 36 heavy (non-hydrogen) atoms. The Morgan fingerprint density at radius 2 is 1.86 bits per heavy atom. The summed E-state index contributed by atoms with van der Waals surface area (Å²) in [6.45, 7) is 1.86. The maximum atomic E-state index is 13.5. The van der Waals surface area contributed by atoms with Crippen LogP contribution in [0.1, 0.15) is 57.7 Å². The topological polar surface area (TPSA) is 100 Å². The van der Waals surface area contributed by atoms with Crippen LogP contribution < -0.4 is 16.0 Å². The number of para-hydroxylation sites is 1. The van der Waals surface area contributed by atoms with Crippen molar-refractivity contribution in [3.63, 3.8) is 0 Å². The molecule has 10 heteroatoms. The minimum absolute atomic E-state index is 0.163. The Morgan fingerprint density at radius 1 is 1.08 bits per heavy atom. The van der Waals surface area contributed by atoms with Gasteiger partial charge in [-0.1, -0.05) is 17.7 Å². The molecule has 2 atom stereocenters. The number of ketones is 1. The van der Waals surface area contributed by atoms with E-state index in [1.165, 1.54) is 12.1 Å². The minimum atomic E-state index is -4.58. The van der Waals surface area contributed by atoms with Crippen LogP contribution in [0.3, 0.4) is 0 Å². The first-order valence-corrected chi connectivity index (χ1v) is 11.6. The summed E-state index contributed by atoms with van der Waals surface area (Å²) >= 11 is 0. The second kappa shape index (κ2) is 8.92. The van der Waals surface area contributed by atoms with Gasteiger partial charge in [0.2, 0.25) is 0 Å². The van der Waals surface area contributed by atoms with Crippen LogP contribution in [-0.2, 0) is 11.0 Å². The van der Waals surface area contributed by atoms with Gasteiger partial charge >= 0.3 is 6.18 Å². The molecule has 0 bridgehead atoms. The number of aryl methyl sites for hydroxylation is 1. The van der Waals surface area contributed by atoms with Crippen LogP contribution in [0.25, 0.3) is 10.9 Å². The second-order valence-electron chi connectivity index (χ2n) is 9.26. The average molecular weight is 496 g/mol. The van der Waals surface area contributed by atoms with Crippen molar-refractivity contribution in [1.29, 1.82) is 0 Å². The van der Waals surface area contributed by atoms with Crippen LogP contribution in [0.2, 0.25) is 0 Å². The molecule has 5 rings (SSSR count). The van der Waals surface area contributed by atoms with E-state index < -0.39 is 29.5 Å². The number of alkyl halides is 3. The number of hydrogen-bond donors (Lipinski definition) is 3. The van der Waals surface area contributed by atoms with Crippen LogP contribution in [0.4, 0.5) is 24.5 Å². The van der Waals surface area contributed by atoms with Gasteiger partial charge in [-0.15, -0.1) is 0 Å². The fourth-order valence-electron chi connectivity index (χ4n) is 4.90. The second-order valence-corrected chi connectivity index (χ2v) is 9.26. The van der Waals surface area contributed by atoms with Crippen molar-refractivity contribution in [2.24, 2.45) is 0 Å². The number of anilines is 2. The van der Waals surface area contributed by atoms with Gasteiger partial charge in [-0.05, 0) is 62.9 Å². The predicted molar refractivity (Wildman–Crippen MR) is 128 cm³/mol. The van der Waals surface area contributed by atoms with E-state index in [0.717, 1.165) is 24.5 Å². The maximum Gasteiger partial charge on any atom is 0.433 e. The van der Waals surface area contributed by atoms with Gasteiger partial charge in [-0.2, -0.15) is 13.2 Å². The molecule has 1 fully saturated rings. The first-order chi connectivity index (χ1) is 17.1. The van der Waals surface area contributed by atoms with E-state index in [0.29, 0.717) is 23.9 Å². The summed E-state index contributed by atoms with van der Waals surface area (Å²) < 4.78 is 40.4. The number of hydrogen-bond acceptors (Lipinski definition) is 5. The Morgan fingerprint density at radius 3 is 2.64 bits per heavy atom. The van der Waals surface area contributed by atoms with Crippen LogP contribution in [0.5, 0.6) is 0 Å². The highest BCUT2D eigenvalue weighted by Crippen LogP contribution is 2.35. The van der Waals surface area contributed by atoms with Crippen molar-refractivity contribution in [2.45, 2.75) is 50.9 Å². The summed E-state index contributed by atoms with van der Waals surface area (Å²) in [7, 11) is 0. The lowest BCUT2D eigenvalue weighted by Gasteiger charge is -2.31. The average Bonchev–Trinajstić information content (AvgIpc) is 3.12. The normalized spacial score (nSPS) is 19.7. The first-order valence-electron chi connectivity index (χ1n) is 11.6. The first kappa shape index (κ1) is 23.8. The number of aromatic nitrogens is 1. The molecule has 3 N–H and O–H groups in total. The maximum absolute atomic E-state index is 13.5. The van der Waals surface area contributed by atoms with Crippen LogP contribution in [-0.4, -0.2) is 34.7 Å². The molecule has 2 aliphatic rings. The lowest BCUT2D eigenvalue weighted by Crippen LogP contribution is -2.42. The number of rotatable bonds is 4. The monoisotopic (exact) mass is 496 g/mol. The summed E-state index contributed by atoms with van der Waals surface area (Å²) in [6, 6.07) is 10.3. The largest absolute Gasteiger partial charge is 0.433 e. The van der Waals surface area contributed by atoms with Gasteiger partial charge in [0.25, 0.3) is 17.6 Å². The van der Waals surface area contributed by atoms with Gasteiger partial charge in [0.05, 0.1) is 22.3 Å². The van der Waals surface area contributed by atoms with E-state index in [-0.39, 0.29) is 34.4 Å². The van der Waals surface area contributed by atoms with Crippen molar-refractivity contribution in [3.8, 4) is 0 Å². The Labute approximate surface area is 204 Å². The Bertz CT molecular complexity index is 1400. The minimum Gasteiger partial charge on any atom is -0.382 e. The summed E-state index contributed by atoms with van der Waals surface area (Å²) in [5, 5.41) is 9.29. The van der Waals surface area contributed by atoms with Crippen molar-refractivity contribution < 1.29 is 27.6 Å². The molecule has 0 unspecified atom stereocenters. The zero-order chi connectivity index (χ0) is 25.6. The fraction of sp³-hybridized carbons (Fsp3) is 0.308. The van der Waals surface area contributed by atoms with Crippen molar-refractivity contribution >= 4 is 39.9 Å². The number of amides is 2. The molecule has 1 aliphatic carbocycles. The zero-order valence-electron chi connectivity index (χ0n) is 19.3. The number of Topliss-reactive ketones (excluding diaryl/α,β-unsaturated/α-hetero) is 1. The standard InChI is InChI=1S/C26H23F3N4O3/c1-13-8-9-19-18(10-13)20(12-21(32-19)26(27,28)29)30-14-4-2-5-15(11-14)31-24(35)17-7-3-6-16-22(17)33-25(36)23(16)34/h3,6-10,12,14-15H,2,4-5,11H2,1H3,(H,30,32)(H,31,35)(H,33,34,36)/t14-,15+/m0/s1. The van der Waals surface area contributed by atoms with Gasteiger partial charge < -0.3 is 16.0 Å². The Hall–Kier alpha value is -3.95. The highest BCUT2D eigenvalue weighted by atomic mass is 19.4. The van der Waals surface area contributed by atoms with Crippen LogP contribution in [0.15, 0.2) is 42.5 Å². The van der Waals surface area contributed by atoms with E-state index >= 15 is 0 Å². The van der Waals surface area contributed by atoms with E-state index in [9.17, 15) is 27.6 Å². The van der Waals surface area contributed by atoms with Crippen molar-refractivity contribution in [3.05, 3.63) is 64.8 Å². The molecule has 0 radical (unpaired) electrons. The van der Waals surface area contributed by atoms with Gasteiger partial charge in [0.1, 0.15) is 5.69 Å². The number of halogens is 3. The van der Waals surface area contributed by atoms with Crippen molar-refractivity contribution in [1.82, 2.24) is 10.3 Å². The number of carbonyl (C=O) groups is 3. The predicted octanol–water partition coefficient (Wildman–Crippen LogP) is 4.85. The number of pyridine rings is 1.